The quantitative estimate of drug-likeness (QED) is 0.816. The Kier molecular flexibility index (Phi) is 4.70. The van der Waals surface area contributed by atoms with Gasteiger partial charge in [0, 0.05) is 16.9 Å². The molecular weight excluding hydrogens is 350 g/mol. The summed E-state index contributed by atoms with van der Waals surface area (Å²) in [5.41, 5.74) is 2.11. The second-order valence-corrected chi connectivity index (χ2v) is 8.32. The van der Waals surface area contributed by atoms with Crippen molar-refractivity contribution in [1.82, 2.24) is 0 Å². The molecule has 0 spiro atoms. The van der Waals surface area contributed by atoms with Crippen molar-refractivity contribution in [3.8, 4) is 6.07 Å². The molecule has 0 heterocycles. The van der Waals surface area contributed by atoms with Gasteiger partial charge in [-0.25, -0.2) is 8.42 Å². The van der Waals surface area contributed by atoms with Crippen LogP contribution < -0.4 is 10.0 Å². The molecule has 0 bridgehead atoms. The van der Waals surface area contributed by atoms with E-state index in [4.69, 9.17) is 0 Å². The second kappa shape index (κ2) is 6.81. The summed E-state index contributed by atoms with van der Waals surface area (Å²) in [5, 5.41) is 12.0. The molecule has 3 rings (SSSR count). The molecule has 0 aromatic heterocycles. The summed E-state index contributed by atoms with van der Waals surface area (Å²) >= 11 is 0. The predicted octanol–water partition coefficient (Wildman–Crippen LogP) is 3.26. The van der Waals surface area contributed by atoms with E-state index in [9.17, 15) is 18.5 Å². The Morgan fingerprint density at radius 1 is 1.08 bits per heavy atom. The largest absolute Gasteiger partial charge is 0.322 e. The summed E-state index contributed by atoms with van der Waals surface area (Å²) < 4.78 is 25.5. The normalized spacial score (nSPS) is 14.9. The maximum atomic E-state index is 12.3. The number of nitrogens with one attached hydrogen (secondary N) is 2. The van der Waals surface area contributed by atoms with Gasteiger partial charge in [0.05, 0.1) is 17.2 Å². The molecule has 7 heteroatoms. The van der Waals surface area contributed by atoms with Crippen molar-refractivity contribution in [2.75, 3.05) is 15.8 Å². The molecule has 2 aromatic carbocycles. The summed E-state index contributed by atoms with van der Waals surface area (Å²) in [5.74, 6) is -0.303. The Morgan fingerprint density at radius 3 is 2.15 bits per heavy atom. The zero-order valence-corrected chi connectivity index (χ0v) is 15.1. The summed E-state index contributed by atoms with van der Waals surface area (Å²) in [7, 11) is -3.34. The van der Waals surface area contributed by atoms with E-state index in [2.05, 4.69) is 16.1 Å². The molecule has 26 heavy (non-hydrogen) atoms. The number of hydrogen-bond donors (Lipinski definition) is 2. The van der Waals surface area contributed by atoms with Crippen LogP contribution in [0.5, 0.6) is 0 Å². The lowest BCUT2D eigenvalue weighted by atomic mass is 9.98. The van der Waals surface area contributed by atoms with E-state index >= 15 is 0 Å². The van der Waals surface area contributed by atoms with Crippen LogP contribution in [0.25, 0.3) is 0 Å². The van der Waals surface area contributed by atoms with Crippen LogP contribution in [0.15, 0.2) is 48.5 Å². The number of rotatable bonds is 6. The predicted molar refractivity (Wildman–Crippen MR) is 100 cm³/mol. The van der Waals surface area contributed by atoms with E-state index in [1.54, 1.807) is 43.3 Å². The van der Waals surface area contributed by atoms with Crippen LogP contribution in [-0.4, -0.2) is 20.1 Å². The zero-order chi connectivity index (χ0) is 18.8. The fourth-order valence-electron chi connectivity index (χ4n) is 2.61. The number of nitriles is 1. The van der Waals surface area contributed by atoms with Gasteiger partial charge in [0.1, 0.15) is 0 Å². The van der Waals surface area contributed by atoms with Crippen molar-refractivity contribution in [3.05, 3.63) is 59.7 Å². The van der Waals surface area contributed by atoms with Crippen LogP contribution in [0.4, 0.5) is 11.4 Å². The Morgan fingerprint density at radius 2 is 1.65 bits per heavy atom. The minimum atomic E-state index is -3.34. The molecule has 6 nitrogen and oxygen atoms in total. The highest BCUT2D eigenvalue weighted by Gasteiger charge is 2.44. The fraction of sp³-hybridized carbons (Fsp3) is 0.263. The first-order valence-electron chi connectivity index (χ1n) is 8.31. The molecule has 2 aromatic rings. The molecule has 1 fully saturated rings. The number of carbonyl (C=O) groups is 1. The number of anilines is 2. The van der Waals surface area contributed by atoms with Gasteiger partial charge < -0.3 is 5.32 Å². The van der Waals surface area contributed by atoms with Crippen molar-refractivity contribution in [1.29, 1.82) is 5.26 Å². The first kappa shape index (κ1) is 18.0. The van der Waals surface area contributed by atoms with Crippen molar-refractivity contribution in [2.24, 2.45) is 0 Å². The van der Waals surface area contributed by atoms with Gasteiger partial charge >= 0.3 is 0 Å². The number of benzene rings is 2. The Labute approximate surface area is 152 Å². The van der Waals surface area contributed by atoms with Crippen LogP contribution in [0.3, 0.4) is 0 Å². The molecule has 0 radical (unpaired) electrons. The zero-order valence-electron chi connectivity index (χ0n) is 14.3. The molecular formula is C19H19N3O3S. The molecule has 2 N–H and O–H groups in total. The fourth-order valence-corrected chi connectivity index (χ4v) is 3.25. The standard InChI is InChI=1S/C19H19N3O3S/c1-2-26(24,25)22-17-7-3-14(4-8-17)18(23)21-16-9-5-15(6-10-16)19(13-20)11-12-19/h3-10,22H,2,11-12H2,1H3,(H,21,23). The lowest BCUT2D eigenvalue weighted by Crippen LogP contribution is -2.15. The molecule has 1 amide bonds. The van der Waals surface area contributed by atoms with Gasteiger partial charge in [-0.1, -0.05) is 12.1 Å². The Hall–Kier alpha value is -2.85. The Bertz CT molecular complexity index is 955. The van der Waals surface area contributed by atoms with Gasteiger partial charge in [-0.2, -0.15) is 5.26 Å². The van der Waals surface area contributed by atoms with Crippen molar-refractivity contribution >= 4 is 27.3 Å². The first-order chi connectivity index (χ1) is 12.4. The Balaban J connectivity index is 1.66. The molecule has 0 aliphatic heterocycles. The van der Waals surface area contributed by atoms with E-state index in [-0.39, 0.29) is 17.1 Å². The third-order valence-corrected chi connectivity index (χ3v) is 5.77. The number of sulfonamides is 1. The van der Waals surface area contributed by atoms with E-state index in [0.29, 0.717) is 16.9 Å². The van der Waals surface area contributed by atoms with Gasteiger partial charge in [0.15, 0.2) is 0 Å². The van der Waals surface area contributed by atoms with Gasteiger partial charge in [-0.3, -0.25) is 9.52 Å². The third kappa shape index (κ3) is 3.86. The van der Waals surface area contributed by atoms with Gasteiger partial charge in [0.25, 0.3) is 5.91 Å². The lowest BCUT2D eigenvalue weighted by Gasteiger charge is -2.10. The lowest BCUT2D eigenvalue weighted by molar-refractivity contribution is 0.102. The van der Waals surface area contributed by atoms with Crippen LogP contribution in [-0.2, 0) is 15.4 Å². The van der Waals surface area contributed by atoms with E-state index < -0.39 is 10.0 Å². The number of nitrogens with zero attached hydrogens (tertiary/aromatic N) is 1. The summed E-state index contributed by atoms with van der Waals surface area (Å²) in [6.07, 6.45) is 1.76. The molecule has 1 saturated carbocycles. The summed E-state index contributed by atoms with van der Waals surface area (Å²) in [6, 6.07) is 15.9. The molecule has 0 unspecified atom stereocenters. The topological polar surface area (TPSA) is 99.1 Å². The maximum absolute atomic E-state index is 12.3. The monoisotopic (exact) mass is 369 g/mol. The second-order valence-electron chi connectivity index (χ2n) is 6.31. The number of carbonyl (C=O) groups excluding carboxylic acids is 1. The highest BCUT2D eigenvalue weighted by molar-refractivity contribution is 7.92. The van der Waals surface area contributed by atoms with Crippen molar-refractivity contribution in [2.45, 2.75) is 25.2 Å². The average Bonchev–Trinajstić information content (AvgIpc) is 3.44. The average molecular weight is 369 g/mol. The minimum Gasteiger partial charge on any atom is -0.322 e. The van der Waals surface area contributed by atoms with Crippen LogP contribution in [0.1, 0.15) is 35.7 Å². The van der Waals surface area contributed by atoms with Crippen molar-refractivity contribution < 1.29 is 13.2 Å². The maximum Gasteiger partial charge on any atom is 0.255 e. The summed E-state index contributed by atoms with van der Waals surface area (Å²) in [4.78, 5) is 12.3. The van der Waals surface area contributed by atoms with Gasteiger partial charge in [-0.15, -0.1) is 0 Å². The minimum absolute atomic E-state index is 0.0156. The first-order valence-corrected chi connectivity index (χ1v) is 9.96. The van der Waals surface area contributed by atoms with Crippen LogP contribution in [0.2, 0.25) is 0 Å². The van der Waals surface area contributed by atoms with E-state index in [0.717, 1.165) is 18.4 Å². The molecule has 1 aliphatic carbocycles. The van der Waals surface area contributed by atoms with E-state index in [1.807, 2.05) is 12.1 Å². The number of amides is 1. The molecule has 0 atom stereocenters. The summed E-state index contributed by atoms with van der Waals surface area (Å²) in [6.45, 7) is 1.55. The highest BCUT2D eigenvalue weighted by Crippen LogP contribution is 2.47. The smallest absolute Gasteiger partial charge is 0.255 e. The SMILES string of the molecule is CCS(=O)(=O)Nc1ccc(C(=O)Nc2ccc(C3(C#N)CC3)cc2)cc1. The van der Waals surface area contributed by atoms with Crippen LogP contribution in [0, 0.1) is 11.3 Å². The number of hydrogen-bond acceptors (Lipinski definition) is 4. The van der Waals surface area contributed by atoms with E-state index in [1.165, 1.54) is 0 Å². The molecule has 134 valence electrons. The molecule has 0 saturated heterocycles. The third-order valence-electron chi connectivity index (χ3n) is 4.46. The van der Waals surface area contributed by atoms with Gasteiger partial charge in [-0.05, 0) is 61.7 Å². The molecule has 1 aliphatic rings. The van der Waals surface area contributed by atoms with Gasteiger partial charge in [0.2, 0.25) is 10.0 Å². The van der Waals surface area contributed by atoms with Crippen LogP contribution >= 0.6 is 0 Å². The highest BCUT2D eigenvalue weighted by atomic mass is 32.2. The van der Waals surface area contributed by atoms with Crippen molar-refractivity contribution in [3.63, 3.8) is 0 Å².